The molecule has 1 aromatic rings. The van der Waals surface area contributed by atoms with Gasteiger partial charge in [-0.1, -0.05) is 23.4 Å². The van der Waals surface area contributed by atoms with E-state index in [1.165, 1.54) is 0 Å². The number of carboxylic acid groups (broad SMARTS) is 1. The molecule has 0 radical (unpaired) electrons. The third-order valence-corrected chi connectivity index (χ3v) is 2.32. The topological polar surface area (TPSA) is 37.3 Å². The number of hydrogen-bond acceptors (Lipinski definition) is 1. The normalized spacial score (nSPS) is 9.20. The first-order valence-electron chi connectivity index (χ1n) is 4.18. The summed E-state index contributed by atoms with van der Waals surface area (Å²) in [6, 6.07) is 5.18. The number of aliphatic carboxylic acids is 1. The van der Waals surface area contributed by atoms with E-state index in [0.29, 0.717) is 10.9 Å². The number of benzene rings is 1. The van der Waals surface area contributed by atoms with E-state index in [4.69, 9.17) is 28.3 Å². The van der Waals surface area contributed by atoms with Gasteiger partial charge in [-0.15, -0.1) is 11.6 Å². The van der Waals surface area contributed by atoms with Crippen molar-refractivity contribution in [3.63, 3.8) is 0 Å². The molecule has 1 N–H and O–H groups in total. The summed E-state index contributed by atoms with van der Waals surface area (Å²) in [4.78, 5) is 10.2. The summed E-state index contributed by atoms with van der Waals surface area (Å²) in [6.07, 6.45) is -0.168. The van der Waals surface area contributed by atoms with E-state index < -0.39 is 5.97 Å². The fraction of sp³-hybridized carbons (Fsp3) is 0.182. The molecular weight excluding hydrogens is 235 g/mol. The molecule has 0 amide bonds. The van der Waals surface area contributed by atoms with Crippen molar-refractivity contribution < 1.29 is 9.90 Å². The standard InChI is InChI=1S/C11H8Cl2O2/c12-7-9-6-8(4-5-10(9)13)2-1-3-11(14)15/h4-6H,3,7H2,(H,14,15). The van der Waals surface area contributed by atoms with Gasteiger partial charge in [0.05, 0.1) is 0 Å². The lowest BCUT2D eigenvalue weighted by molar-refractivity contribution is -0.135. The summed E-state index contributed by atoms with van der Waals surface area (Å²) in [5.74, 6) is 4.64. The molecule has 78 valence electrons. The molecule has 0 spiro atoms. The largest absolute Gasteiger partial charge is 0.481 e. The van der Waals surface area contributed by atoms with Gasteiger partial charge in [-0.2, -0.15) is 0 Å². The van der Waals surface area contributed by atoms with Gasteiger partial charge in [0, 0.05) is 16.5 Å². The first kappa shape index (κ1) is 11.9. The molecule has 4 heteroatoms. The molecule has 0 aromatic heterocycles. The summed E-state index contributed by atoms with van der Waals surface area (Å²) < 4.78 is 0. The van der Waals surface area contributed by atoms with Crippen LogP contribution in [0.5, 0.6) is 0 Å². The van der Waals surface area contributed by atoms with Crippen LogP contribution in [0.4, 0.5) is 0 Å². The molecule has 0 fully saturated rings. The van der Waals surface area contributed by atoms with Crippen molar-refractivity contribution in [1.82, 2.24) is 0 Å². The van der Waals surface area contributed by atoms with Crippen LogP contribution in [0.15, 0.2) is 18.2 Å². The Balaban J connectivity index is 2.85. The summed E-state index contributed by atoms with van der Waals surface area (Å²) in [6.45, 7) is 0. The molecule has 0 saturated heterocycles. The third kappa shape index (κ3) is 3.83. The molecule has 1 rings (SSSR count). The molecule has 15 heavy (non-hydrogen) atoms. The minimum atomic E-state index is -0.936. The van der Waals surface area contributed by atoms with Crippen molar-refractivity contribution in [3.8, 4) is 11.8 Å². The van der Waals surface area contributed by atoms with Gasteiger partial charge in [0.15, 0.2) is 0 Å². The molecule has 0 unspecified atom stereocenters. The van der Waals surface area contributed by atoms with Crippen molar-refractivity contribution in [2.45, 2.75) is 12.3 Å². The highest BCUT2D eigenvalue weighted by Crippen LogP contribution is 2.18. The van der Waals surface area contributed by atoms with Crippen LogP contribution in [0.1, 0.15) is 17.5 Å². The maximum absolute atomic E-state index is 10.2. The Morgan fingerprint density at radius 2 is 2.20 bits per heavy atom. The zero-order valence-corrected chi connectivity index (χ0v) is 9.27. The fourth-order valence-electron chi connectivity index (χ4n) is 0.977. The minimum Gasteiger partial charge on any atom is -0.481 e. The van der Waals surface area contributed by atoms with Gasteiger partial charge in [-0.3, -0.25) is 4.79 Å². The lowest BCUT2D eigenvalue weighted by Gasteiger charge is -1.99. The predicted octanol–water partition coefficient (Wildman–Crippen LogP) is 2.91. The number of carboxylic acids is 1. The van der Waals surface area contributed by atoms with E-state index in [0.717, 1.165) is 11.1 Å². The second-order valence-corrected chi connectivity index (χ2v) is 3.49. The smallest absolute Gasteiger partial charge is 0.315 e. The van der Waals surface area contributed by atoms with E-state index in [2.05, 4.69) is 11.8 Å². The van der Waals surface area contributed by atoms with E-state index in [1.807, 2.05) is 0 Å². The van der Waals surface area contributed by atoms with Gasteiger partial charge in [-0.25, -0.2) is 0 Å². The Morgan fingerprint density at radius 3 is 2.80 bits per heavy atom. The number of carbonyl (C=O) groups is 1. The number of halogens is 2. The van der Waals surface area contributed by atoms with Crippen LogP contribution in [0.3, 0.4) is 0 Å². The SMILES string of the molecule is O=C(O)CC#Cc1ccc(Cl)c(CCl)c1. The lowest BCUT2D eigenvalue weighted by Crippen LogP contribution is -1.90. The second kappa shape index (κ2) is 5.65. The van der Waals surface area contributed by atoms with E-state index in [-0.39, 0.29) is 6.42 Å². The molecular formula is C11H8Cl2O2. The molecule has 0 atom stereocenters. The average molecular weight is 243 g/mol. The maximum Gasteiger partial charge on any atom is 0.315 e. The summed E-state index contributed by atoms with van der Waals surface area (Å²) in [5, 5.41) is 8.98. The highest BCUT2D eigenvalue weighted by Gasteiger charge is 1.99. The highest BCUT2D eigenvalue weighted by atomic mass is 35.5. The molecule has 2 nitrogen and oxygen atoms in total. The monoisotopic (exact) mass is 242 g/mol. The van der Waals surface area contributed by atoms with Crippen molar-refractivity contribution in [2.75, 3.05) is 0 Å². The zero-order chi connectivity index (χ0) is 11.3. The molecule has 0 aliphatic rings. The van der Waals surface area contributed by atoms with Crippen LogP contribution in [-0.2, 0) is 10.7 Å². The van der Waals surface area contributed by atoms with Crippen molar-refractivity contribution in [3.05, 3.63) is 34.3 Å². The fourth-order valence-corrected chi connectivity index (χ4v) is 1.45. The van der Waals surface area contributed by atoms with Crippen LogP contribution < -0.4 is 0 Å². The molecule has 0 aliphatic carbocycles. The van der Waals surface area contributed by atoms with E-state index in [1.54, 1.807) is 18.2 Å². The van der Waals surface area contributed by atoms with E-state index >= 15 is 0 Å². The average Bonchev–Trinajstić information content (AvgIpc) is 2.20. The molecule has 0 saturated carbocycles. The van der Waals surface area contributed by atoms with Gasteiger partial charge < -0.3 is 5.11 Å². The van der Waals surface area contributed by atoms with Crippen LogP contribution in [0, 0.1) is 11.8 Å². The van der Waals surface area contributed by atoms with Gasteiger partial charge in [0.1, 0.15) is 6.42 Å². The third-order valence-electron chi connectivity index (χ3n) is 1.66. The maximum atomic E-state index is 10.2. The van der Waals surface area contributed by atoms with Gasteiger partial charge in [0.25, 0.3) is 0 Å². The zero-order valence-electron chi connectivity index (χ0n) is 7.76. The van der Waals surface area contributed by atoms with Crippen molar-refractivity contribution in [2.24, 2.45) is 0 Å². The first-order chi connectivity index (χ1) is 7.13. The Morgan fingerprint density at radius 1 is 1.47 bits per heavy atom. The Labute approximate surface area is 97.8 Å². The van der Waals surface area contributed by atoms with Gasteiger partial charge in [0.2, 0.25) is 0 Å². The minimum absolute atomic E-state index is 0.168. The van der Waals surface area contributed by atoms with Crippen molar-refractivity contribution in [1.29, 1.82) is 0 Å². The first-order valence-corrected chi connectivity index (χ1v) is 5.10. The summed E-state index contributed by atoms with van der Waals surface area (Å²) in [5.41, 5.74) is 1.51. The van der Waals surface area contributed by atoms with Crippen LogP contribution in [0.2, 0.25) is 5.02 Å². The number of rotatable bonds is 2. The molecule has 1 aromatic carbocycles. The predicted molar refractivity (Wildman–Crippen MR) is 60.1 cm³/mol. The van der Waals surface area contributed by atoms with Crippen LogP contribution in [-0.4, -0.2) is 11.1 Å². The highest BCUT2D eigenvalue weighted by molar-refractivity contribution is 6.32. The summed E-state index contributed by atoms with van der Waals surface area (Å²) >= 11 is 11.5. The number of alkyl halides is 1. The number of hydrogen-bond donors (Lipinski definition) is 1. The lowest BCUT2D eigenvalue weighted by atomic mass is 10.1. The quantitative estimate of drug-likeness (QED) is 0.640. The van der Waals surface area contributed by atoms with Gasteiger partial charge >= 0.3 is 5.97 Å². The van der Waals surface area contributed by atoms with Gasteiger partial charge in [-0.05, 0) is 23.8 Å². The Hall–Kier alpha value is -1.17. The molecule has 0 aliphatic heterocycles. The van der Waals surface area contributed by atoms with Crippen molar-refractivity contribution >= 4 is 29.2 Å². The van der Waals surface area contributed by atoms with E-state index in [9.17, 15) is 4.79 Å². The Bertz CT molecular complexity index is 430. The van der Waals surface area contributed by atoms with Crippen LogP contribution in [0.25, 0.3) is 0 Å². The second-order valence-electron chi connectivity index (χ2n) is 2.81. The molecule has 0 heterocycles. The summed E-state index contributed by atoms with van der Waals surface area (Å²) in [7, 11) is 0. The Kier molecular flexibility index (Phi) is 4.48. The van der Waals surface area contributed by atoms with Crippen LogP contribution >= 0.6 is 23.2 Å². The molecule has 0 bridgehead atoms.